The van der Waals surface area contributed by atoms with Crippen molar-refractivity contribution in [3.63, 3.8) is 0 Å². The van der Waals surface area contributed by atoms with E-state index in [1.54, 1.807) is 24.0 Å². The zero-order chi connectivity index (χ0) is 21.0. The van der Waals surface area contributed by atoms with Crippen molar-refractivity contribution in [1.82, 2.24) is 20.1 Å². The topological polar surface area (TPSA) is 89.3 Å². The van der Waals surface area contributed by atoms with Gasteiger partial charge in [-0.3, -0.25) is 9.48 Å². The van der Waals surface area contributed by atoms with Gasteiger partial charge >= 0.3 is 6.18 Å². The lowest BCUT2D eigenvalue weighted by Crippen LogP contribution is -2.26. The number of amides is 1. The number of carbonyl (C=O) groups excluding carboxylic acids is 1. The quantitative estimate of drug-likeness (QED) is 0.657. The van der Waals surface area contributed by atoms with Crippen LogP contribution >= 0.6 is 0 Å². The number of hydrogen-bond acceptors (Lipinski definition) is 5. The minimum atomic E-state index is -4.44. The number of pyridine rings is 1. The van der Waals surface area contributed by atoms with Crippen LogP contribution in [0.1, 0.15) is 15.9 Å². The Morgan fingerprint density at radius 1 is 1.24 bits per heavy atom. The third-order valence-corrected chi connectivity index (χ3v) is 3.90. The summed E-state index contributed by atoms with van der Waals surface area (Å²) in [5.41, 5.74) is 0.290. The number of rotatable bonds is 6. The Morgan fingerprint density at radius 3 is 2.55 bits per heavy atom. The molecule has 29 heavy (non-hydrogen) atoms. The van der Waals surface area contributed by atoms with Crippen LogP contribution in [0.15, 0.2) is 48.8 Å². The summed E-state index contributed by atoms with van der Waals surface area (Å²) >= 11 is 0. The summed E-state index contributed by atoms with van der Waals surface area (Å²) in [5.74, 6) is -0.202. The third-order valence-electron chi connectivity index (χ3n) is 3.90. The summed E-state index contributed by atoms with van der Waals surface area (Å²) in [6.45, 7) is -0.122. The van der Waals surface area contributed by atoms with Gasteiger partial charge in [-0.2, -0.15) is 18.3 Å². The van der Waals surface area contributed by atoms with Crippen LogP contribution < -0.4 is 10.1 Å². The number of halogens is 3. The number of aromatic nitrogens is 3. The van der Waals surface area contributed by atoms with E-state index in [1.165, 1.54) is 24.4 Å². The van der Waals surface area contributed by atoms with Gasteiger partial charge in [-0.25, -0.2) is 4.98 Å². The maximum absolute atomic E-state index is 12.7. The van der Waals surface area contributed by atoms with Gasteiger partial charge in [0.2, 0.25) is 5.88 Å². The Labute approximate surface area is 163 Å². The van der Waals surface area contributed by atoms with Crippen LogP contribution in [0.4, 0.5) is 13.2 Å². The van der Waals surface area contributed by atoms with E-state index in [-0.39, 0.29) is 30.3 Å². The van der Waals surface area contributed by atoms with Gasteiger partial charge in [-0.15, -0.1) is 0 Å². The summed E-state index contributed by atoms with van der Waals surface area (Å²) in [7, 11) is 1.71. The number of aliphatic hydroxyl groups is 1. The summed E-state index contributed by atoms with van der Waals surface area (Å²) in [6, 6.07) is 7.40. The number of aliphatic hydroxyl groups excluding tert-OH is 1. The van der Waals surface area contributed by atoms with Crippen LogP contribution in [0.5, 0.6) is 11.6 Å². The molecule has 0 aliphatic carbocycles. The lowest BCUT2D eigenvalue weighted by molar-refractivity contribution is -0.137. The molecule has 0 bridgehead atoms. The highest BCUT2D eigenvalue weighted by Crippen LogP contribution is 2.34. The molecule has 2 heterocycles. The zero-order valence-corrected chi connectivity index (χ0v) is 15.3. The van der Waals surface area contributed by atoms with Crippen LogP contribution in [0.25, 0.3) is 11.3 Å². The van der Waals surface area contributed by atoms with E-state index in [1.807, 2.05) is 0 Å². The molecular formula is C19H17F3N4O3. The minimum absolute atomic E-state index is 0.0849. The Kier molecular flexibility index (Phi) is 5.83. The standard InChI is InChI=1S/C19H17F3N4O3/c1-26-8-6-16(25-26)15-10-12(17(28)23-7-9-27)11-24-18(15)29-14-4-2-13(3-5-14)19(20,21)22/h2-6,8,10-11,27H,7,9H2,1H3,(H,23,28). The molecule has 152 valence electrons. The Bertz CT molecular complexity index is 1000. The molecule has 0 saturated carbocycles. The number of nitrogens with zero attached hydrogens (tertiary/aromatic N) is 3. The fourth-order valence-corrected chi connectivity index (χ4v) is 2.50. The van der Waals surface area contributed by atoms with Crippen molar-refractivity contribution in [2.75, 3.05) is 13.2 Å². The highest BCUT2D eigenvalue weighted by molar-refractivity contribution is 5.95. The predicted molar refractivity (Wildman–Crippen MR) is 97.4 cm³/mol. The van der Waals surface area contributed by atoms with Crippen LogP contribution in [0.2, 0.25) is 0 Å². The first-order valence-corrected chi connectivity index (χ1v) is 8.52. The van der Waals surface area contributed by atoms with E-state index in [0.717, 1.165) is 12.1 Å². The van der Waals surface area contributed by atoms with Crippen molar-refractivity contribution >= 4 is 5.91 Å². The van der Waals surface area contributed by atoms with E-state index in [9.17, 15) is 18.0 Å². The summed E-state index contributed by atoms with van der Waals surface area (Å²) in [6.07, 6.45) is -1.48. The number of hydrogen-bond donors (Lipinski definition) is 2. The second kappa shape index (κ2) is 8.31. The molecule has 2 aromatic heterocycles. The molecule has 0 unspecified atom stereocenters. The molecule has 3 rings (SSSR count). The van der Waals surface area contributed by atoms with Gasteiger partial charge in [-0.1, -0.05) is 0 Å². The molecule has 7 nitrogen and oxygen atoms in total. The summed E-state index contributed by atoms with van der Waals surface area (Å²) < 4.78 is 45.4. The smallest absolute Gasteiger partial charge is 0.416 e. The molecule has 0 aliphatic heterocycles. The van der Waals surface area contributed by atoms with Crippen molar-refractivity contribution in [1.29, 1.82) is 0 Å². The highest BCUT2D eigenvalue weighted by Gasteiger charge is 2.30. The molecule has 0 radical (unpaired) electrons. The summed E-state index contributed by atoms with van der Waals surface area (Å²) in [5, 5.41) is 15.6. The Morgan fingerprint density at radius 2 is 1.97 bits per heavy atom. The number of aryl methyl sites for hydroxylation is 1. The van der Waals surface area contributed by atoms with E-state index >= 15 is 0 Å². The molecule has 10 heteroatoms. The number of nitrogens with one attached hydrogen (secondary N) is 1. The number of alkyl halides is 3. The van der Waals surface area contributed by atoms with Crippen LogP contribution in [0.3, 0.4) is 0 Å². The van der Waals surface area contributed by atoms with E-state index in [4.69, 9.17) is 9.84 Å². The van der Waals surface area contributed by atoms with E-state index < -0.39 is 17.6 Å². The van der Waals surface area contributed by atoms with Crippen LogP contribution in [-0.2, 0) is 13.2 Å². The lowest BCUT2D eigenvalue weighted by atomic mass is 10.1. The van der Waals surface area contributed by atoms with Crippen LogP contribution in [-0.4, -0.2) is 38.9 Å². The lowest BCUT2D eigenvalue weighted by Gasteiger charge is -2.12. The molecule has 0 fully saturated rings. The van der Waals surface area contributed by atoms with Gasteiger partial charge in [0.1, 0.15) is 5.75 Å². The highest BCUT2D eigenvalue weighted by atomic mass is 19.4. The van der Waals surface area contributed by atoms with Crippen LogP contribution in [0, 0.1) is 0 Å². The summed E-state index contributed by atoms with van der Waals surface area (Å²) in [4.78, 5) is 16.3. The van der Waals surface area contributed by atoms with Gasteiger partial charge in [0, 0.05) is 26.0 Å². The number of benzene rings is 1. The van der Waals surface area contributed by atoms with Crippen molar-refractivity contribution in [2.45, 2.75) is 6.18 Å². The number of carbonyl (C=O) groups is 1. The van der Waals surface area contributed by atoms with Gasteiger partial charge in [0.15, 0.2) is 0 Å². The second-order valence-electron chi connectivity index (χ2n) is 6.06. The Balaban J connectivity index is 1.94. The SMILES string of the molecule is Cn1ccc(-c2cc(C(=O)NCCO)cnc2Oc2ccc(C(F)(F)F)cc2)n1. The van der Waals surface area contributed by atoms with Gasteiger partial charge in [-0.05, 0) is 36.4 Å². The first-order chi connectivity index (χ1) is 13.8. The average Bonchev–Trinajstić information content (AvgIpc) is 3.12. The largest absolute Gasteiger partial charge is 0.438 e. The first kappa shape index (κ1) is 20.3. The molecule has 0 saturated heterocycles. The van der Waals surface area contributed by atoms with Crippen molar-refractivity contribution in [3.05, 3.63) is 59.9 Å². The van der Waals surface area contributed by atoms with Crippen molar-refractivity contribution in [2.24, 2.45) is 7.05 Å². The third kappa shape index (κ3) is 4.91. The average molecular weight is 406 g/mol. The zero-order valence-electron chi connectivity index (χ0n) is 15.3. The maximum atomic E-state index is 12.7. The van der Waals surface area contributed by atoms with E-state index in [2.05, 4.69) is 15.4 Å². The molecule has 0 aliphatic rings. The molecule has 2 N–H and O–H groups in total. The van der Waals surface area contributed by atoms with Gasteiger partial charge < -0.3 is 15.2 Å². The maximum Gasteiger partial charge on any atom is 0.416 e. The fraction of sp³-hybridized carbons (Fsp3) is 0.211. The van der Waals surface area contributed by atoms with Crippen molar-refractivity contribution < 1.29 is 27.8 Å². The molecule has 0 spiro atoms. The van der Waals surface area contributed by atoms with E-state index in [0.29, 0.717) is 11.3 Å². The number of ether oxygens (including phenoxy) is 1. The molecule has 0 atom stereocenters. The second-order valence-corrected chi connectivity index (χ2v) is 6.06. The normalized spacial score (nSPS) is 11.3. The molecule has 1 aromatic carbocycles. The van der Waals surface area contributed by atoms with Gasteiger partial charge in [0.25, 0.3) is 5.91 Å². The predicted octanol–water partition coefficient (Wildman–Crippen LogP) is 3.02. The molecule has 3 aromatic rings. The fourth-order valence-electron chi connectivity index (χ4n) is 2.50. The first-order valence-electron chi connectivity index (χ1n) is 8.52. The minimum Gasteiger partial charge on any atom is -0.438 e. The molecular weight excluding hydrogens is 389 g/mol. The van der Waals surface area contributed by atoms with Crippen molar-refractivity contribution in [3.8, 4) is 22.9 Å². The van der Waals surface area contributed by atoms with Gasteiger partial charge in [0.05, 0.1) is 29.0 Å². The Hall–Kier alpha value is -3.40. The monoisotopic (exact) mass is 406 g/mol. The molecule has 1 amide bonds.